The Morgan fingerprint density at radius 2 is 1.92 bits per heavy atom. The molecule has 0 aliphatic carbocycles. The second-order valence-electron chi connectivity index (χ2n) is 10.7. The van der Waals surface area contributed by atoms with E-state index in [-0.39, 0.29) is 25.0 Å². The number of amides is 2. The second-order valence-corrected chi connectivity index (χ2v) is 10.7. The van der Waals surface area contributed by atoms with Gasteiger partial charge in [-0.25, -0.2) is 0 Å². The van der Waals surface area contributed by atoms with Gasteiger partial charge in [0.2, 0.25) is 11.8 Å². The topological polar surface area (TPSA) is 96.4 Å². The summed E-state index contributed by atoms with van der Waals surface area (Å²) in [4.78, 5) is 45.2. The summed E-state index contributed by atoms with van der Waals surface area (Å²) in [5.41, 5.74) is -1.81. The molecule has 1 N–H and O–H groups in total. The van der Waals surface area contributed by atoms with Crippen LogP contribution in [-0.4, -0.2) is 82.8 Å². The van der Waals surface area contributed by atoms with E-state index < -0.39 is 35.0 Å². The Morgan fingerprint density at radius 3 is 2.57 bits per heavy atom. The number of ether oxygens (including phenoxy) is 2. The molecule has 5 atom stereocenters. The maximum absolute atomic E-state index is 14.2. The monoisotopic (exact) mass is 518 g/mol. The predicted octanol–water partition coefficient (Wildman–Crippen LogP) is 3.63. The standard InChI is InChI=1S/C29H46N2O6/c1-5-9-18-30(17-7-3)26(34)24-29-16-15-28(8-4,37-29)23(27(35)36-21-10-6-2)22(29)25(33)31(24)19-13-11-12-14-20-32/h6-7,22-24,32H,2-3,5,8-21H2,1,4H3/t22-,23+,24?,28-,29?/m0/s1. The zero-order chi connectivity index (χ0) is 27.1. The summed E-state index contributed by atoms with van der Waals surface area (Å²) in [7, 11) is 0. The first kappa shape index (κ1) is 29.4. The number of hydrogen-bond acceptors (Lipinski definition) is 6. The van der Waals surface area contributed by atoms with Crippen LogP contribution in [0.2, 0.25) is 0 Å². The number of esters is 1. The maximum atomic E-state index is 14.2. The van der Waals surface area contributed by atoms with Gasteiger partial charge in [0, 0.05) is 26.2 Å². The van der Waals surface area contributed by atoms with Crippen LogP contribution in [0.5, 0.6) is 0 Å². The SMILES string of the molecule is C=CCCOC(=O)[C@H]1[C@H]2C(=O)N(CCCCCCO)C(C(=O)N(CC=C)CCCC)C23CC[C@]1(CC)O3. The minimum absolute atomic E-state index is 0.118. The van der Waals surface area contributed by atoms with Crippen molar-refractivity contribution in [3.63, 3.8) is 0 Å². The number of rotatable bonds is 17. The zero-order valence-electron chi connectivity index (χ0n) is 22.8. The highest BCUT2D eigenvalue weighted by Crippen LogP contribution is 2.64. The van der Waals surface area contributed by atoms with Crippen LogP contribution >= 0.6 is 0 Å². The van der Waals surface area contributed by atoms with E-state index in [1.807, 2.05) is 6.92 Å². The average molecular weight is 519 g/mol. The van der Waals surface area contributed by atoms with Crippen molar-refractivity contribution in [3.05, 3.63) is 25.3 Å². The van der Waals surface area contributed by atoms with Crippen LogP contribution in [0.3, 0.4) is 0 Å². The van der Waals surface area contributed by atoms with Crippen LogP contribution < -0.4 is 0 Å². The molecule has 0 aromatic heterocycles. The maximum Gasteiger partial charge on any atom is 0.312 e. The molecule has 3 fully saturated rings. The normalized spacial score (nSPS) is 29.9. The quantitative estimate of drug-likeness (QED) is 0.179. The molecular weight excluding hydrogens is 472 g/mol. The highest BCUT2D eigenvalue weighted by Gasteiger charge is 2.79. The Labute approximate surface area is 222 Å². The van der Waals surface area contributed by atoms with Gasteiger partial charge in [-0.1, -0.05) is 45.3 Å². The molecule has 1 spiro atoms. The summed E-state index contributed by atoms with van der Waals surface area (Å²) in [6.07, 6.45) is 10.7. The van der Waals surface area contributed by atoms with Gasteiger partial charge in [0.05, 0.1) is 18.1 Å². The first-order chi connectivity index (χ1) is 17.9. The number of likely N-dealkylation sites (tertiary alicyclic amines) is 1. The van der Waals surface area contributed by atoms with E-state index in [0.717, 1.165) is 32.1 Å². The van der Waals surface area contributed by atoms with Crippen molar-refractivity contribution in [1.82, 2.24) is 9.80 Å². The Hall–Kier alpha value is -2.19. The minimum Gasteiger partial charge on any atom is -0.465 e. The van der Waals surface area contributed by atoms with Crippen LogP contribution in [0.1, 0.15) is 78.1 Å². The lowest BCUT2D eigenvalue weighted by Crippen LogP contribution is -2.56. The summed E-state index contributed by atoms with van der Waals surface area (Å²) in [6.45, 7) is 13.4. The molecule has 0 radical (unpaired) electrons. The van der Waals surface area contributed by atoms with E-state index in [2.05, 4.69) is 20.1 Å². The van der Waals surface area contributed by atoms with E-state index in [1.165, 1.54) is 0 Å². The predicted molar refractivity (Wildman–Crippen MR) is 142 cm³/mol. The Balaban J connectivity index is 1.97. The van der Waals surface area contributed by atoms with E-state index in [9.17, 15) is 14.4 Å². The Bertz CT molecular complexity index is 846. The lowest BCUT2D eigenvalue weighted by molar-refractivity contribution is -0.161. The summed E-state index contributed by atoms with van der Waals surface area (Å²) in [5.74, 6) is -2.14. The fourth-order valence-electron chi connectivity index (χ4n) is 6.65. The summed E-state index contributed by atoms with van der Waals surface area (Å²) in [6, 6.07) is -0.765. The van der Waals surface area contributed by atoms with Crippen LogP contribution in [-0.2, 0) is 23.9 Å². The molecule has 3 saturated heterocycles. The highest BCUT2D eigenvalue weighted by molar-refractivity contribution is 5.98. The third kappa shape index (κ3) is 5.51. The number of hydrogen-bond donors (Lipinski definition) is 1. The summed E-state index contributed by atoms with van der Waals surface area (Å²) in [5, 5.41) is 9.11. The van der Waals surface area contributed by atoms with Crippen LogP contribution in [0.15, 0.2) is 25.3 Å². The fraction of sp³-hybridized carbons (Fsp3) is 0.759. The van der Waals surface area contributed by atoms with Gasteiger partial charge in [0.15, 0.2) is 0 Å². The Morgan fingerprint density at radius 1 is 1.16 bits per heavy atom. The Kier molecular flexibility index (Phi) is 10.4. The summed E-state index contributed by atoms with van der Waals surface area (Å²) >= 11 is 0. The molecule has 2 bridgehead atoms. The largest absolute Gasteiger partial charge is 0.465 e. The molecule has 3 aliphatic rings. The molecule has 0 aromatic carbocycles. The summed E-state index contributed by atoms with van der Waals surface area (Å²) < 4.78 is 12.4. The van der Waals surface area contributed by atoms with Gasteiger partial charge < -0.3 is 24.4 Å². The first-order valence-electron chi connectivity index (χ1n) is 14.2. The zero-order valence-corrected chi connectivity index (χ0v) is 22.8. The lowest BCUT2D eigenvalue weighted by atomic mass is 9.65. The molecule has 3 heterocycles. The van der Waals surface area contributed by atoms with Crippen molar-refractivity contribution in [3.8, 4) is 0 Å². The van der Waals surface area contributed by atoms with Crippen molar-refractivity contribution in [2.24, 2.45) is 11.8 Å². The molecule has 2 unspecified atom stereocenters. The van der Waals surface area contributed by atoms with E-state index >= 15 is 0 Å². The third-order valence-corrected chi connectivity index (χ3v) is 8.48. The number of fused-ring (bicyclic) bond motifs is 1. The average Bonchev–Trinajstić information content (AvgIpc) is 3.50. The van der Waals surface area contributed by atoms with Gasteiger partial charge in [-0.3, -0.25) is 14.4 Å². The van der Waals surface area contributed by atoms with Gasteiger partial charge in [-0.15, -0.1) is 13.2 Å². The van der Waals surface area contributed by atoms with Crippen molar-refractivity contribution < 1.29 is 29.0 Å². The van der Waals surface area contributed by atoms with Crippen molar-refractivity contribution in [2.75, 3.05) is 32.8 Å². The first-order valence-corrected chi connectivity index (χ1v) is 14.2. The van der Waals surface area contributed by atoms with Crippen LogP contribution in [0.25, 0.3) is 0 Å². The number of aliphatic hydroxyl groups excluding tert-OH is 1. The van der Waals surface area contributed by atoms with Crippen molar-refractivity contribution in [2.45, 2.75) is 95.3 Å². The van der Waals surface area contributed by atoms with Gasteiger partial charge >= 0.3 is 5.97 Å². The van der Waals surface area contributed by atoms with E-state index in [4.69, 9.17) is 14.6 Å². The molecule has 0 saturated carbocycles. The number of unbranched alkanes of at least 4 members (excludes halogenated alkanes) is 4. The molecule has 3 aliphatic heterocycles. The van der Waals surface area contributed by atoms with E-state index in [0.29, 0.717) is 51.7 Å². The van der Waals surface area contributed by atoms with Gasteiger partial charge in [-0.05, 0) is 44.9 Å². The lowest BCUT2D eigenvalue weighted by Gasteiger charge is -2.37. The molecule has 8 nitrogen and oxygen atoms in total. The second kappa shape index (κ2) is 13.1. The van der Waals surface area contributed by atoms with Gasteiger partial charge in [-0.2, -0.15) is 0 Å². The minimum atomic E-state index is -1.02. The molecule has 208 valence electrons. The fourth-order valence-corrected chi connectivity index (χ4v) is 6.65. The van der Waals surface area contributed by atoms with Gasteiger partial charge in [0.25, 0.3) is 0 Å². The van der Waals surface area contributed by atoms with Crippen LogP contribution in [0.4, 0.5) is 0 Å². The molecule has 37 heavy (non-hydrogen) atoms. The number of aliphatic hydroxyl groups is 1. The van der Waals surface area contributed by atoms with Crippen LogP contribution in [0, 0.1) is 11.8 Å². The van der Waals surface area contributed by atoms with Gasteiger partial charge in [0.1, 0.15) is 17.6 Å². The highest BCUT2D eigenvalue weighted by atomic mass is 16.6. The molecule has 3 rings (SSSR count). The molecule has 0 aromatic rings. The number of carbonyl (C=O) groups is 3. The number of carbonyl (C=O) groups excluding carboxylic acids is 3. The third-order valence-electron chi connectivity index (χ3n) is 8.48. The number of nitrogens with zero attached hydrogens (tertiary/aromatic N) is 2. The molecule has 2 amide bonds. The van der Waals surface area contributed by atoms with Crippen molar-refractivity contribution >= 4 is 17.8 Å². The molecule has 8 heteroatoms. The molecular formula is C29H46N2O6. The van der Waals surface area contributed by atoms with E-state index in [1.54, 1.807) is 22.0 Å². The smallest absolute Gasteiger partial charge is 0.312 e. The van der Waals surface area contributed by atoms with Crippen molar-refractivity contribution in [1.29, 1.82) is 0 Å².